The summed E-state index contributed by atoms with van der Waals surface area (Å²) in [6.07, 6.45) is 0.871. The first kappa shape index (κ1) is 22.3. The van der Waals surface area contributed by atoms with E-state index in [9.17, 15) is 0 Å². The van der Waals surface area contributed by atoms with E-state index in [0.29, 0.717) is 34.7 Å². The summed E-state index contributed by atoms with van der Waals surface area (Å²) in [6, 6.07) is 19.4. The van der Waals surface area contributed by atoms with Gasteiger partial charge in [0.15, 0.2) is 11.5 Å². The van der Waals surface area contributed by atoms with Crippen LogP contribution in [0.15, 0.2) is 60.7 Å². The normalized spacial score (nSPS) is 10.7. The fourth-order valence-electron chi connectivity index (χ4n) is 3.16. The van der Waals surface area contributed by atoms with Crippen LogP contribution in [0.2, 0.25) is 10.0 Å². The zero-order valence-electron chi connectivity index (χ0n) is 17.1. The number of methoxy groups -OCH3 is 2. The van der Waals surface area contributed by atoms with E-state index in [0.717, 1.165) is 29.8 Å². The predicted molar refractivity (Wildman–Crippen MR) is 122 cm³/mol. The first-order valence-electron chi connectivity index (χ1n) is 9.67. The largest absolute Gasteiger partial charge is 0.496 e. The Morgan fingerprint density at radius 1 is 0.833 bits per heavy atom. The van der Waals surface area contributed by atoms with Gasteiger partial charge in [-0.3, -0.25) is 0 Å². The van der Waals surface area contributed by atoms with Crippen LogP contribution < -0.4 is 19.5 Å². The molecule has 3 aromatic carbocycles. The Hall–Kier alpha value is -2.40. The minimum atomic E-state index is 0.354. The van der Waals surface area contributed by atoms with Gasteiger partial charge in [0.25, 0.3) is 0 Å². The lowest BCUT2D eigenvalue weighted by molar-refractivity contribution is 0.284. The topological polar surface area (TPSA) is 39.7 Å². The highest BCUT2D eigenvalue weighted by Crippen LogP contribution is 2.37. The summed E-state index contributed by atoms with van der Waals surface area (Å²) in [4.78, 5) is 0. The summed E-state index contributed by atoms with van der Waals surface area (Å²) in [5, 5.41) is 4.62. The average Bonchev–Trinajstić information content (AvgIpc) is 2.76. The number of nitrogens with one attached hydrogen (secondary N) is 1. The third-order valence-electron chi connectivity index (χ3n) is 4.65. The molecule has 0 aromatic heterocycles. The smallest absolute Gasteiger partial charge is 0.180 e. The van der Waals surface area contributed by atoms with Crippen LogP contribution in [-0.4, -0.2) is 20.8 Å². The van der Waals surface area contributed by atoms with Crippen molar-refractivity contribution in [2.75, 3.05) is 20.8 Å². The lowest BCUT2D eigenvalue weighted by Crippen LogP contribution is -2.17. The Kier molecular flexibility index (Phi) is 8.26. The molecule has 0 bridgehead atoms. The molecule has 0 radical (unpaired) electrons. The van der Waals surface area contributed by atoms with Gasteiger partial charge in [-0.05, 0) is 60.0 Å². The van der Waals surface area contributed by atoms with Crippen molar-refractivity contribution in [3.05, 3.63) is 87.4 Å². The second kappa shape index (κ2) is 11.1. The third kappa shape index (κ3) is 6.05. The maximum absolute atomic E-state index is 6.48. The van der Waals surface area contributed by atoms with E-state index in [2.05, 4.69) is 11.4 Å². The molecule has 0 aliphatic heterocycles. The first-order valence-corrected chi connectivity index (χ1v) is 10.4. The van der Waals surface area contributed by atoms with Crippen molar-refractivity contribution in [1.29, 1.82) is 0 Å². The Morgan fingerprint density at radius 3 is 2.40 bits per heavy atom. The predicted octanol–water partition coefficient (Wildman–Crippen LogP) is 5.92. The Balaban J connectivity index is 1.59. The van der Waals surface area contributed by atoms with Crippen LogP contribution in [0.3, 0.4) is 0 Å². The molecule has 4 nitrogen and oxygen atoms in total. The van der Waals surface area contributed by atoms with Gasteiger partial charge < -0.3 is 19.5 Å². The van der Waals surface area contributed by atoms with Crippen molar-refractivity contribution in [1.82, 2.24) is 5.32 Å². The van der Waals surface area contributed by atoms with E-state index in [-0.39, 0.29) is 0 Å². The van der Waals surface area contributed by atoms with Gasteiger partial charge in [-0.1, -0.05) is 53.5 Å². The number of para-hydroxylation sites is 1. The third-order valence-corrected chi connectivity index (χ3v) is 5.17. The van der Waals surface area contributed by atoms with Gasteiger partial charge in [-0.15, -0.1) is 0 Å². The molecule has 6 heteroatoms. The quantitative estimate of drug-likeness (QED) is 0.393. The summed E-state index contributed by atoms with van der Waals surface area (Å²) in [5.74, 6) is 2.04. The van der Waals surface area contributed by atoms with E-state index in [1.54, 1.807) is 14.2 Å². The molecule has 0 amide bonds. The molecule has 0 heterocycles. The Morgan fingerprint density at radius 2 is 1.63 bits per heavy atom. The number of benzene rings is 3. The lowest BCUT2D eigenvalue weighted by atomic mass is 10.1. The van der Waals surface area contributed by atoms with Crippen molar-refractivity contribution in [2.24, 2.45) is 0 Å². The molecule has 0 saturated carbocycles. The molecule has 158 valence electrons. The average molecular weight is 446 g/mol. The van der Waals surface area contributed by atoms with Crippen LogP contribution in [0, 0.1) is 0 Å². The van der Waals surface area contributed by atoms with Crippen molar-refractivity contribution in [3.8, 4) is 17.2 Å². The minimum absolute atomic E-state index is 0.354. The zero-order valence-corrected chi connectivity index (χ0v) is 18.6. The van der Waals surface area contributed by atoms with Crippen LogP contribution in [0.5, 0.6) is 17.2 Å². The van der Waals surface area contributed by atoms with Gasteiger partial charge in [0.05, 0.1) is 19.2 Å². The van der Waals surface area contributed by atoms with Gasteiger partial charge in [-0.25, -0.2) is 0 Å². The Labute approximate surface area is 187 Å². The summed E-state index contributed by atoms with van der Waals surface area (Å²) in [6.45, 7) is 1.83. The molecule has 3 aromatic rings. The molecule has 30 heavy (non-hydrogen) atoms. The Bertz CT molecular complexity index is 978. The lowest BCUT2D eigenvalue weighted by Gasteiger charge is -2.15. The first-order chi connectivity index (χ1) is 14.6. The maximum Gasteiger partial charge on any atom is 0.180 e. The monoisotopic (exact) mass is 445 g/mol. The van der Waals surface area contributed by atoms with Gasteiger partial charge in [-0.2, -0.15) is 0 Å². The molecule has 1 N–H and O–H groups in total. The summed E-state index contributed by atoms with van der Waals surface area (Å²) < 4.78 is 16.8. The standard InChI is InChI=1S/C24H25Cl2NO3/c1-28-22-9-4-3-7-19(22)10-11-27-15-18-13-21(26)24(23(14-18)29-2)30-16-17-6-5-8-20(25)12-17/h3-9,12-14,27H,10-11,15-16H2,1-2H3. The number of rotatable bonds is 10. The molecular formula is C24H25Cl2NO3. The fourth-order valence-corrected chi connectivity index (χ4v) is 3.66. The SMILES string of the molecule is COc1ccccc1CCNCc1cc(Cl)c(OCc2cccc(Cl)c2)c(OC)c1. The van der Waals surface area contributed by atoms with Gasteiger partial charge >= 0.3 is 0 Å². The molecule has 0 spiro atoms. The van der Waals surface area contributed by atoms with Crippen LogP contribution in [0.1, 0.15) is 16.7 Å². The number of halogens is 2. The van der Waals surface area contributed by atoms with Crippen molar-refractivity contribution >= 4 is 23.2 Å². The highest BCUT2D eigenvalue weighted by atomic mass is 35.5. The van der Waals surface area contributed by atoms with Crippen molar-refractivity contribution < 1.29 is 14.2 Å². The molecule has 0 unspecified atom stereocenters. The maximum atomic E-state index is 6.48. The fraction of sp³-hybridized carbons (Fsp3) is 0.250. The van der Waals surface area contributed by atoms with Crippen molar-refractivity contribution in [3.63, 3.8) is 0 Å². The van der Waals surface area contributed by atoms with Gasteiger partial charge in [0, 0.05) is 11.6 Å². The highest BCUT2D eigenvalue weighted by Gasteiger charge is 2.13. The van der Waals surface area contributed by atoms with Crippen LogP contribution in [0.25, 0.3) is 0 Å². The molecule has 0 saturated heterocycles. The van der Waals surface area contributed by atoms with Crippen LogP contribution in [-0.2, 0) is 19.6 Å². The van der Waals surface area contributed by atoms with Crippen LogP contribution >= 0.6 is 23.2 Å². The van der Waals surface area contributed by atoms with Crippen LogP contribution in [0.4, 0.5) is 0 Å². The summed E-state index contributed by atoms with van der Waals surface area (Å²) >= 11 is 12.5. The number of ether oxygens (including phenoxy) is 3. The van der Waals surface area contributed by atoms with Gasteiger partial charge in [0.1, 0.15) is 12.4 Å². The summed E-state index contributed by atoms with van der Waals surface area (Å²) in [7, 11) is 3.30. The minimum Gasteiger partial charge on any atom is -0.496 e. The van der Waals surface area contributed by atoms with E-state index >= 15 is 0 Å². The van der Waals surface area contributed by atoms with E-state index < -0.39 is 0 Å². The number of hydrogen-bond donors (Lipinski definition) is 1. The van der Waals surface area contributed by atoms with E-state index in [4.69, 9.17) is 37.4 Å². The van der Waals surface area contributed by atoms with E-state index in [1.807, 2.05) is 54.6 Å². The number of hydrogen-bond acceptors (Lipinski definition) is 4. The highest BCUT2D eigenvalue weighted by molar-refractivity contribution is 6.32. The molecule has 0 aliphatic rings. The summed E-state index contributed by atoms with van der Waals surface area (Å²) in [5.41, 5.74) is 3.16. The second-order valence-corrected chi connectivity index (χ2v) is 7.61. The molecule has 0 atom stereocenters. The zero-order chi connectivity index (χ0) is 21.3. The molecule has 3 rings (SSSR count). The van der Waals surface area contributed by atoms with Crippen molar-refractivity contribution in [2.45, 2.75) is 19.6 Å². The molecular weight excluding hydrogens is 421 g/mol. The second-order valence-electron chi connectivity index (χ2n) is 6.77. The molecule has 0 fully saturated rings. The molecule has 0 aliphatic carbocycles. The van der Waals surface area contributed by atoms with E-state index in [1.165, 1.54) is 5.56 Å². The van der Waals surface area contributed by atoms with Gasteiger partial charge in [0.2, 0.25) is 0 Å².